The number of alkyl halides is 3. The van der Waals surface area contributed by atoms with Crippen molar-refractivity contribution >= 4 is 46.0 Å². The summed E-state index contributed by atoms with van der Waals surface area (Å²) in [4.78, 5) is 20.6. The molecule has 3 aromatic rings. The molecule has 43 heavy (non-hydrogen) atoms. The number of amides is 1. The zero-order chi connectivity index (χ0) is 31.1. The molecule has 1 amide bonds. The van der Waals surface area contributed by atoms with Crippen molar-refractivity contribution in [1.82, 2.24) is 9.88 Å². The number of thiazole rings is 1. The van der Waals surface area contributed by atoms with Crippen molar-refractivity contribution in [2.75, 3.05) is 31.1 Å². The van der Waals surface area contributed by atoms with Gasteiger partial charge in [0.15, 0.2) is 5.13 Å². The summed E-state index contributed by atoms with van der Waals surface area (Å²) in [5.41, 5.74) is -0.488. The number of hydrogen-bond donors (Lipinski definition) is 2. The molecule has 0 unspecified atom stereocenters. The summed E-state index contributed by atoms with van der Waals surface area (Å²) in [6.45, 7) is 5.73. The number of rotatable bonds is 5. The predicted molar refractivity (Wildman–Crippen MR) is 157 cm³/mol. The van der Waals surface area contributed by atoms with Crippen molar-refractivity contribution in [3.63, 3.8) is 0 Å². The number of carbonyl (C=O) groups is 1. The highest BCUT2D eigenvalue weighted by molar-refractivity contribution is 7.17. The van der Waals surface area contributed by atoms with Crippen LogP contribution in [0.3, 0.4) is 0 Å². The minimum absolute atomic E-state index is 0.0218. The van der Waals surface area contributed by atoms with Gasteiger partial charge in [-0.25, -0.2) is 4.79 Å². The second kappa shape index (κ2) is 11.8. The Balaban J connectivity index is 1.53. The third-order valence-corrected chi connectivity index (χ3v) is 8.35. The number of hydrogen-bond acceptors (Lipinski definition) is 9. The van der Waals surface area contributed by atoms with E-state index in [0.717, 1.165) is 17.4 Å². The van der Waals surface area contributed by atoms with Gasteiger partial charge in [0.2, 0.25) is 5.88 Å². The number of aromatic nitrogens is 1. The number of fused-ring (bicyclic) bond motifs is 1. The third kappa shape index (κ3) is 6.78. The number of aromatic hydroxyl groups is 1. The number of benzene rings is 2. The van der Waals surface area contributed by atoms with Crippen LogP contribution < -0.4 is 15.5 Å². The van der Waals surface area contributed by atoms with Crippen LogP contribution in [0.4, 0.5) is 23.1 Å². The van der Waals surface area contributed by atoms with E-state index < -0.39 is 29.5 Å². The van der Waals surface area contributed by atoms with Crippen LogP contribution in [0.15, 0.2) is 46.6 Å². The van der Waals surface area contributed by atoms with Gasteiger partial charge in [0.25, 0.3) is 0 Å². The lowest BCUT2D eigenvalue weighted by Gasteiger charge is -2.40. The Labute approximate surface area is 254 Å². The average Bonchev–Trinajstić information content (AvgIpc) is 3.56. The fourth-order valence-corrected chi connectivity index (χ4v) is 6.17. The SMILES string of the molecule is CC(C)(C)OC(=O)N1CCN(c2nc(O)c(C(Cc3ccc(Cl)cc3C(F)(F)F)=c3ccc4c(c3)C=NN=4)s2)C[C@@H]1CO. The smallest absolute Gasteiger partial charge is 0.416 e. The molecule has 2 N–H and O–H groups in total. The highest BCUT2D eigenvalue weighted by atomic mass is 35.5. The molecule has 1 fully saturated rings. The summed E-state index contributed by atoms with van der Waals surface area (Å²) in [5.74, 6) is -0.341. The molecule has 14 heteroatoms. The van der Waals surface area contributed by atoms with Gasteiger partial charge < -0.3 is 19.8 Å². The summed E-state index contributed by atoms with van der Waals surface area (Å²) in [5, 5.41) is 30.6. The minimum atomic E-state index is -4.65. The monoisotopic (exact) mass is 635 g/mol. The summed E-state index contributed by atoms with van der Waals surface area (Å²) >= 11 is 7.04. The number of halogens is 4. The van der Waals surface area contributed by atoms with Crippen molar-refractivity contribution in [3.05, 3.63) is 73.6 Å². The second-order valence-electron chi connectivity index (χ2n) is 11.2. The topological polar surface area (TPSA) is 111 Å². The molecule has 0 radical (unpaired) electrons. The molecule has 2 aliphatic heterocycles. The van der Waals surface area contributed by atoms with E-state index in [1.165, 1.54) is 17.0 Å². The van der Waals surface area contributed by atoms with Gasteiger partial charge in [0, 0.05) is 36.6 Å². The molecule has 0 aliphatic carbocycles. The van der Waals surface area contributed by atoms with Crippen molar-refractivity contribution in [2.45, 2.75) is 45.0 Å². The van der Waals surface area contributed by atoms with Gasteiger partial charge in [-0.05, 0) is 61.4 Å². The molecule has 0 saturated carbocycles. The first-order valence-electron chi connectivity index (χ1n) is 13.4. The molecule has 2 aliphatic rings. The molecular formula is C29H29ClF3N5O4S. The van der Waals surface area contributed by atoms with E-state index in [9.17, 15) is 28.2 Å². The Bertz CT molecular complexity index is 1700. The predicted octanol–water partition coefficient (Wildman–Crippen LogP) is 4.35. The summed E-state index contributed by atoms with van der Waals surface area (Å²) < 4.78 is 47.5. The maximum absolute atomic E-state index is 14.0. The van der Waals surface area contributed by atoms with Gasteiger partial charge in [-0.15, -0.1) is 0 Å². The van der Waals surface area contributed by atoms with Gasteiger partial charge in [-0.1, -0.05) is 35.1 Å². The molecule has 1 atom stereocenters. The van der Waals surface area contributed by atoms with Gasteiger partial charge in [-0.3, -0.25) is 4.90 Å². The molecule has 1 saturated heterocycles. The normalized spacial score (nSPS) is 17.5. The maximum atomic E-state index is 14.0. The number of piperazine rings is 1. The van der Waals surface area contributed by atoms with E-state index in [1.807, 2.05) is 4.90 Å². The first-order valence-corrected chi connectivity index (χ1v) is 14.6. The van der Waals surface area contributed by atoms with E-state index in [4.69, 9.17) is 16.3 Å². The van der Waals surface area contributed by atoms with Gasteiger partial charge in [-0.2, -0.15) is 28.4 Å². The molecule has 0 spiro atoms. The highest BCUT2D eigenvalue weighted by Crippen LogP contribution is 2.40. The quantitative estimate of drug-likeness (QED) is 0.432. The van der Waals surface area contributed by atoms with Gasteiger partial charge in [0.05, 0.1) is 34.7 Å². The van der Waals surface area contributed by atoms with E-state index >= 15 is 0 Å². The Morgan fingerprint density at radius 2 is 1.93 bits per heavy atom. The molecule has 0 bridgehead atoms. The number of anilines is 1. The lowest BCUT2D eigenvalue weighted by Crippen LogP contribution is -2.57. The number of nitrogens with zero attached hydrogens (tertiary/aromatic N) is 5. The van der Waals surface area contributed by atoms with Crippen molar-refractivity contribution in [3.8, 4) is 5.88 Å². The molecule has 228 valence electrons. The van der Waals surface area contributed by atoms with Crippen LogP contribution in [-0.2, 0) is 17.3 Å². The maximum Gasteiger partial charge on any atom is 0.416 e. The summed E-state index contributed by atoms with van der Waals surface area (Å²) in [6.07, 6.45) is -3.82. The largest absolute Gasteiger partial charge is 0.492 e. The van der Waals surface area contributed by atoms with Crippen LogP contribution in [0.5, 0.6) is 5.88 Å². The summed E-state index contributed by atoms with van der Waals surface area (Å²) in [7, 11) is 0. The second-order valence-corrected chi connectivity index (χ2v) is 12.6. The molecule has 1 aromatic heterocycles. The zero-order valence-electron chi connectivity index (χ0n) is 23.5. The average molecular weight is 636 g/mol. The van der Waals surface area contributed by atoms with Crippen LogP contribution in [-0.4, -0.2) is 70.3 Å². The van der Waals surface area contributed by atoms with Crippen LogP contribution in [0, 0.1) is 0 Å². The third-order valence-electron chi connectivity index (χ3n) is 6.95. The molecule has 5 rings (SSSR count). The van der Waals surface area contributed by atoms with Crippen LogP contribution in [0.25, 0.3) is 5.57 Å². The van der Waals surface area contributed by atoms with Gasteiger partial charge >= 0.3 is 12.3 Å². The van der Waals surface area contributed by atoms with E-state index in [-0.39, 0.29) is 42.6 Å². The van der Waals surface area contributed by atoms with Crippen LogP contribution in [0.2, 0.25) is 5.02 Å². The first kappa shape index (κ1) is 30.8. The van der Waals surface area contributed by atoms with E-state index in [2.05, 4.69) is 15.2 Å². The van der Waals surface area contributed by atoms with E-state index in [1.54, 1.807) is 45.2 Å². The Hall–Kier alpha value is -3.68. The zero-order valence-corrected chi connectivity index (χ0v) is 25.1. The number of carbonyl (C=O) groups excluding carboxylic acids is 1. The fourth-order valence-electron chi connectivity index (χ4n) is 4.94. The molecule has 9 nitrogen and oxygen atoms in total. The number of ether oxygens (including phenoxy) is 1. The van der Waals surface area contributed by atoms with Crippen molar-refractivity contribution in [1.29, 1.82) is 0 Å². The van der Waals surface area contributed by atoms with Crippen LogP contribution in [0.1, 0.15) is 42.3 Å². The van der Waals surface area contributed by atoms with Gasteiger partial charge in [0.1, 0.15) is 5.60 Å². The van der Waals surface area contributed by atoms with Crippen molar-refractivity contribution < 1.29 is 32.9 Å². The lowest BCUT2D eigenvalue weighted by atomic mass is 9.96. The van der Waals surface area contributed by atoms with E-state index in [0.29, 0.717) is 38.3 Å². The summed E-state index contributed by atoms with van der Waals surface area (Å²) in [6, 6.07) is 8.21. The van der Waals surface area contributed by atoms with Crippen LogP contribution >= 0.6 is 22.9 Å². The Morgan fingerprint density at radius 1 is 1.16 bits per heavy atom. The molecule has 3 heterocycles. The minimum Gasteiger partial charge on any atom is -0.492 e. The Morgan fingerprint density at radius 3 is 2.63 bits per heavy atom. The first-order chi connectivity index (χ1) is 20.2. The fraction of sp³-hybridized carbons (Fsp3) is 0.379. The van der Waals surface area contributed by atoms with Crippen molar-refractivity contribution in [2.24, 2.45) is 10.2 Å². The Kier molecular flexibility index (Phi) is 8.43. The molecule has 2 aromatic carbocycles. The standard InChI is InChI=1S/C29H29ClF3N5O4S/c1-28(2,3)42-27(41)38-9-8-37(14-20(38)15-39)26-35-25(40)24(43-26)21(16-5-7-23-18(10-16)13-34-36-23)11-17-4-6-19(30)12-22(17)29(31,32)33/h4-7,10,12-13,20,39-40H,8-9,11,14-15H2,1-3H3/t20-/m1/s1. The number of aliphatic hydroxyl groups excluding tert-OH is 1. The highest BCUT2D eigenvalue weighted by Gasteiger charge is 2.36. The molecular weight excluding hydrogens is 607 g/mol. The lowest BCUT2D eigenvalue weighted by molar-refractivity contribution is -0.138. The number of aliphatic hydroxyl groups is 1.